The molecule has 0 heterocycles. The minimum Gasteiger partial charge on any atom is -0.468 e. The Morgan fingerprint density at radius 2 is 1.71 bits per heavy atom. The van der Waals surface area contributed by atoms with E-state index in [1.807, 2.05) is 13.0 Å². The Morgan fingerprint density at radius 1 is 1.12 bits per heavy atom. The molecule has 0 spiro atoms. The Kier molecular flexibility index (Phi) is 4.87. The molecule has 2 aliphatic rings. The Balaban J connectivity index is 2.42. The monoisotopic (exact) mass is 336 g/mol. The van der Waals surface area contributed by atoms with Gasteiger partial charge in [0.1, 0.15) is 0 Å². The van der Waals surface area contributed by atoms with Crippen LogP contribution < -0.4 is 0 Å². The van der Waals surface area contributed by atoms with Crippen molar-refractivity contribution in [3.05, 3.63) is 23.8 Å². The van der Waals surface area contributed by atoms with Gasteiger partial charge in [-0.1, -0.05) is 25.2 Å². The molecule has 1 saturated carbocycles. The van der Waals surface area contributed by atoms with E-state index < -0.39 is 17.4 Å². The number of carbonyl (C=O) groups excluding carboxylic acids is 3. The second-order valence-electron chi connectivity index (χ2n) is 6.91. The average molecular weight is 336 g/mol. The molecule has 1 fully saturated rings. The van der Waals surface area contributed by atoms with Gasteiger partial charge in [-0.05, 0) is 30.6 Å². The number of methoxy groups -OCH3 is 3. The highest BCUT2D eigenvalue weighted by molar-refractivity contribution is 6.00. The fourth-order valence-electron chi connectivity index (χ4n) is 4.20. The zero-order chi connectivity index (χ0) is 18.1. The van der Waals surface area contributed by atoms with E-state index in [1.54, 1.807) is 0 Å². The van der Waals surface area contributed by atoms with Crippen LogP contribution >= 0.6 is 0 Å². The van der Waals surface area contributed by atoms with E-state index in [9.17, 15) is 14.4 Å². The fourth-order valence-corrected chi connectivity index (χ4v) is 4.20. The first-order valence-corrected chi connectivity index (χ1v) is 7.86. The van der Waals surface area contributed by atoms with E-state index in [1.165, 1.54) is 21.3 Å². The third-order valence-corrected chi connectivity index (χ3v) is 5.42. The van der Waals surface area contributed by atoms with Gasteiger partial charge in [-0.2, -0.15) is 0 Å². The quantitative estimate of drug-likeness (QED) is 0.340. The first-order chi connectivity index (χ1) is 11.2. The van der Waals surface area contributed by atoms with Crippen molar-refractivity contribution in [1.82, 2.24) is 0 Å². The summed E-state index contributed by atoms with van der Waals surface area (Å²) >= 11 is 0. The van der Waals surface area contributed by atoms with E-state index in [2.05, 4.69) is 6.58 Å². The van der Waals surface area contributed by atoms with Gasteiger partial charge in [0, 0.05) is 12.0 Å². The van der Waals surface area contributed by atoms with Crippen molar-refractivity contribution >= 4 is 17.9 Å². The van der Waals surface area contributed by atoms with Gasteiger partial charge in [0.15, 0.2) is 5.41 Å². The molecule has 0 radical (unpaired) electrons. The predicted molar refractivity (Wildman–Crippen MR) is 85.8 cm³/mol. The first kappa shape index (κ1) is 18.2. The smallest absolute Gasteiger partial charge is 0.333 e. The highest BCUT2D eigenvalue weighted by atomic mass is 16.5. The van der Waals surface area contributed by atoms with Crippen LogP contribution in [0.1, 0.15) is 32.6 Å². The topological polar surface area (TPSA) is 78.9 Å². The van der Waals surface area contributed by atoms with Crippen LogP contribution in [0.4, 0.5) is 0 Å². The Bertz CT molecular complexity index is 601. The summed E-state index contributed by atoms with van der Waals surface area (Å²) in [5.41, 5.74) is -0.307. The zero-order valence-electron chi connectivity index (χ0n) is 14.6. The maximum absolute atomic E-state index is 12.4. The van der Waals surface area contributed by atoms with Crippen molar-refractivity contribution in [2.24, 2.45) is 16.7 Å². The molecule has 0 aromatic rings. The number of carbonyl (C=O) groups is 3. The molecule has 0 amide bonds. The summed E-state index contributed by atoms with van der Waals surface area (Å²) in [6, 6.07) is 0. The molecule has 2 rings (SSSR count). The summed E-state index contributed by atoms with van der Waals surface area (Å²) in [5.74, 6) is -1.61. The van der Waals surface area contributed by atoms with Crippen LogP contribution in [0.25, 0.3) is 0 Å². The Hall–Kier alpha value is -2.11. The van der Waals surface area contributed by atoms with Crippen LogP contribution in [-0.2, 0) is 28.6 Å². The molecule has 2 aliphatic carbocycles. The van der Waals surface area contributed by atoms with Crippen LogP contribution in [0, 0.1) is 16.7 Å². The number of allylic oxidation sites excluding steroid dienone is 2. The van der Waals surface area contributed by atoms with Gasteiger partial charge in [0.25, 0.3) is 0 Å². The summed E-state index contributed by atoms with van der Waals surface area (Å²) in [6.07, 6.45) is 3.35. The Morgan fingerprint density at radius 3 is 2.21 bits per heavy atom. The van der Waals surface area contributed by atoms with Crippen LogP contribution in [0.3, 0.4) is 0 Å². The number of ether oxygens (including phenoxy) is 3. The molecule has 6 heteroatoms. The molecule has 132 valence electrons. The first-order valence-electron chi connectivity index (χ1n) is 7.86. The molecule has 2 atom stereocenters. The van der Waals surface area contributed by atoms with E-state index in [4.69, 9.17) is 14.2 Å². The van der Waals surface area contributed by atoms with E-state index in [0.29, 0.717) is 24.8 Å². The standard InChI is InChI=1S/C18H24O6/c1-11-8-12(14(19)22-3)6-7-17(2)10-18(9-13(11)17,15(20)23-4)16(21)24-5/h6,13H,1,7-10H2,2-5H3. The number of hydrogen-bond donors (Lipinski definition) is 0. The molecular formula is C18H24O6. The number of rotatable bonds is 3. The summed E-state index contributed by atoms with van der Waals surface area (Å²) in [7, 11) is 3.89. The van der Waals surface area contributed by atoms with Crippen molar-refractivity contribution in [3.8, 4) is 0 Å². The van der Waals surface area contributed by atoms with Gasteiger partial charge in [0.2, 0.25) is 0 Å². The summed E-state index contributed by atoms with van der Waals surface area (Å²) < 4.78 is 14.6. The second kappa shape index (κ2) is 6.42. The second-order valence-corrected chi connectivity index (χ2v) is 6.91. The molecule has 0 aliphatic heterocycles. The molecule has 0 aromatic heterocycles. The van der Waals surface area contributed by atoms with Gasteiger partial charge in [0.05, 0.1) is 21.3 Å². The maximum Gasteiger partial charge on any atom is 0.333 e. The lowest BCUT2D eigenvalue weighted by Gasteiger charge is -2.30. The molecule has 0 saturated heterocycles. The lowest BCUT2D eigenvalue weighted by molar-refractivity contribution is -0.169. The van der Waals surface area contributed by atoms with Crippen LogP contribution in [0.5, 0.6) is 0 Å². The van der Waals surface area contributed by atoms with E-state index >= 15 is 0 Å². The summed E-state index contributed by atoms with van der Waals surface area (Å²) in [5, 5.41) is 0. The van der Waals surface area contributed by atoms with Crippen molar-refractivity contribution in [2.75, 3.05) is 21.3 Å². The van der Waals surface area contributed by atoms with Gasteiger partial charge in [-0.25, -0.2) is 4.79 Å². The van der Waals surface area contributed by atoms with Crippen molar-refractivity contribution in [3.63, 3.8) is 0 Å². The third-order valence-electron chi connectivity index (χ3n) is 5.42. The average Bonchev–Trinajstić information content (AvgIpc) is 2.85. The largest absolute Gasteiger partial charge is 0.468 e. The molecule has 0 aromatic carbocycles. The highest BCUT2D eigenvalue weighted by Gasteiger charge is 2.62. The highest BCUT2D eigenvalue weighted by Crippen LogP contribution is 2.60. The zero-order valence-corrected chi connectivity index (χ0v) is 14.6. The van der Waals surface area contributed by atoms with Crippen molar-refractivity contribution in [2.45, 2.75) is 32.6 Å². The van der Waals surface area contributed by atoms with E-state index in [0.717, 1.165) is 5.57 Å². The van der Waals surface area contributed by atoms with Gasteiger partial charge >= 0.3 is 17.9 Å². The normalized spacial score (nSPS) is 28.2. The minimum absolute atomic E-state index is 0.0888. The minimum atomic E-state index is -1.32. The molecule has 0 N–H and O–H groups in total. The number of esters is 3. The van der Waals surface area contributed by atoms with Gasteiger partial charge in [-0.3, -0.25) is 9.59 Å². The van der Waals surface area contributed by atoms with Gasteiger partial charge in [-0.15, -0.1) is 0 Å². The van der Waals surface area contributed by atoms with Crippen LogP contribution in [-0.4, -0.2) is 39.2 Å². The van der Waals surface area contributed by atoms with Gasteiger partial charge < -0.3 is 14.2 Å². The fraction of sp³-hybridized carbons (Fsp3) is 0.611. The summed E-state index contributed by atoms with van der Waals surface area (Å²) in [6.45, 7) is 6.12. The number of hydrogen-bond acceptors (Lipinski definition) is 6. The van der Waals surface area contributed by atoms with E-state index in [-0.39, 0.29) is 23.7 Å². The predicted octanol–water partition coefficient (Wildman–Crippen LogP) is 2.18. The SMILES string of the molecule is C=C1CC(C(=O)OC)=CCC2(C)CC(C(=O)OC)(C(=O)OC)CC12. The summed E-state index contributed by atoms with van der Waals surface area (Å²) in [4.78, 5) is 36.6. The molecule has 6 nitrogen and oxygen atoms in total. The van der Waals surface area contributed by atoms with Crippen molar-refractivity contribution < 1.29 is 28.6 Å². The molecular weight excluding hydrogens is 312 g/mol. The van der Waals surface area contributed by atoms with Crippen LogP contribution in [0.15, 0.2) is 23.8 Å². The molecule has 2 unspecified atom stereocenters. The molecule has 0 bridgehead atoms. The van der Waals surface area contributed by atoms with Crippen molar-refractivity contribution in [1.29, 1.82) is 0 Å². The molecule has 24 heavy (non-hydrogen) atoms. The lowest BCUT2D eigenvalue weighted by atomic mass is 9.74. The lowest BCUT2D eigenvalue weighted by Crippen LogP contribution is -2.40. The maximum atomic E-state index is 12.4. The number of fused-ring (bicyclic) bond motifs is 1. The Labute approximate surface area is 141 Å². The third kappa shape index (κ3) is 2.74. The van der Waals surface area contributed by atoms with Crippen LogP contribution in [0.2, 0.25) is 0 Å².